The van der Waals surface area contributed by atoms with Gasteiger partial charge in [-0.25, -0.2) is 0 Å². The lowest BCUT2D eigenvalue weighted by atomic mass is 10.1. The average molecular weight is 287 g/mol. The summed E-state index contributed by atoms with van der Waals surface area (Å²) in [5.41, 5.74) is 5.10. The van der Waals surface area contributed by atoms with Crippen LogP contribution < -0.4 is 0 Å². The quantitative estimate of drug-likeness (QED) is 0.702. The molecule has 0 bridgehead atoms. The van der Waals surface area contributed by atoms with Gasteiger partial charge in [0.05, 0.1) is 0 Å². The fourth-order valence-electron chi connectivity index (χ4n) is 2.77. The highest BCUT2D eigenvalue weighted by atomic mass is 35.5. The SMILES string of the molecule is CCCc1ccn(Cc2c(C)[nH]c3ccc(Cl)cc23)c1. The Labute approximate surface area is 124 Å². The summed E-state index contributed by atoms with van der Waals surface area (Å²) in [4.78, 5) is 3.43. The summed E-state index contributed by atoms with van der Waals surface area (Å²) in [6, 6.07) is 8.23. The second kappa shape index (κ2) is 5.37. The van der Waals surface area contributed by atoms with Gasteiger partial charge >= 0.3 is 0 Å². The Morgan fingerprint density at radius 3 is 2.90 bits per heavy atom. The highest BCUT2D eigenvalue weighted by Gasteiger charge is 2.09. The lowest BCUT2D eigenvalue weighted by molar-refractivity contribution is 0.797. The van der Waals surface area contributed by atoms with Crippen LogP contribution in [0.15, 0.2) is 36.7 Å². The predicted molar refractivity (Wildman–Crippen MR) is 85.6 cm³/mol. The van der Waals surface area contributed by atoms with Crippen LogP contribution in [0.4, 0.5) is 0 Å². The number of aromatic amines is 1. The topological polar surface area (TPSA) is 20.7 Å². The minimum atomic E-state index is 0.789. The van der Waals surface area contributed by atoms with Crippen molar-refractivity contribution in [3.8, 4) is 0 Å². The molecule has 0 unspecified atom stereocenters. The molecule has 2 aromatic heterocycles. The number of aryl methyl sites for hydroxylation is 2. The molecule has 2 nitrogen and oxygen atoms in total. The summed E-state index contributed by atoms with van der Waals surface area (Å²) in [6.45, 7) is 5.22. The zero-order valence-electron chi connectivity index (χ0n) is 11.9. The molecule has 1 aromatic carbocycles. The maximum atomic E-state index is 6.13. The number of aromatic nitrogens is 2. The summed E-state index contributed by atoms with van der Waals surface area (Å²) in [7, 11) is 0. The molecule has 3 rings (SSSR count). The van der Waals surface area contributed by atoms with Gasteiger partial charge in [0, 0.05) is 46.1 Å². The smallest absolute Gasteiger partial charge is 0.0494 e. The second-order valence-corrected chi connectivity index (χ2v) is 5.80. The molecule has 1 N–H and O–H groups in total. The number of H-pyrrole nitrogens is 1. The molecule has 3 aromatic rings. The Hall–Kier alpha value is -1.67. The second-order valence-electron chi connectivity index (χ2n) is 5.36. The molecule has 20 heavy (non-hydrogen) atoms. The Morgan fingerprint density at radius 2 is 2.10 bits per heavy atom. The highest BCUT2D eigenvalue weighted by Crippen LogP contribution is 2.26. The van der Waals surface area contributed by atoms with Crippen molar-refractivity contribution in [3.05, 3.63) is 58.5 Å². The van der Waals surface area contributed by atoms with Crippen LogP contribution in [0.2, 0.25) is 5.02 Å². The minimum absolute atomic E-state index is 0.789. The van der Waals surface area contributed by atoms with Crippen molar-refractivity contribution < 1.29 is 0 Å². The van der Waals surface area contributed by atoms with Gasteiger partial charge in [0.1, 0.15) is 0 Å². The van der Waals surface area contributed by atoms with Gasteiger partial charge in [-0.05, 0) is 43.2 Å². The zero-order valence-corrected chi connectivity index (χ0v) is 12.7. The number of fused-ring (bicyclic) bond motifs is 1. The van der Waals surface area contributed by atoms with E-state index in [-0.39, 0.29) is 0 Å². The van der Waals surface area contributed by atoms with Crippen molar-refractivity contribution in [1.29, 1.82) is 0 Å². The van der Waals surface area contributed by atoms with Crippen LogP contribution >= 0.6 is 11.6 Å². The van der Waals surface area contributed by atoms with E-state index < -0.39 is 0 Å². The van der Waals surface area contributed by atoms with Crippen LogP contribution in [0, 0.1) is 6.92 Å². The first-order valence-electron chi connectivity index (χ1n) is 7.08. The maximum Gasteiger partial charge on any atom is 0.0494 e. The number of benzene rings is 1. The van der Waals surface area contributed by atoms with Gasteiger partial charge in [0.2, 0.25) is 0 Å². The molecular weight excluding hydrogens is 268 g/mol. The van der Waals surface area contributed by atoms with E-state index in [2.05, 4.69) is 41.9 Å². The number of rotatable bonds is 4. The molecule has 0 aliphatic rings. The fourth-order valence-corrected chi connectivity index (χ4v) is 2.94. The number of hydrogen-bond acceptors (Lipinski definition) is 0. The van der Waals surface area contributed by atoms with E-state index in [9.17, 15) is 0 Å². The molecular formula is C17H19ClN2. The Bertz CT molecular complexity index is 737. The lowest BCUT2D eigenvalue weighted by Gasteiger charge is -2.04. The Balaban J connectivity index is 1.96. The molecule has 0 saturated carbocycles. The summed E-state index contributed by atoms with van der Waals surface area (Å²) < 4.78 is 2.25. The van der Waals surface area contributed by atoms with Gasteiger partial charge in [-0.1, -0.05) is 24.9 Å². The predicted octanol–water partition coefficient (Wildman–Crippen LogP) is 4.93. The van der Waals surface area contributed by atoms with Gasteiger partial charge in [0.15, 0.2) is 0 Å². The molecule has 104 valence electrons. The van der Waals surface area contributed by atoms with Crippen LogP contribution in [-0.4, -0.2) is 9.55 Å². The van der Waals surface area contributed by atoms with Crippen LogP contribution in [0.3, 0.4) is 0 Å². The van der Waals surface area contributed by atoms with Crippen molar-refractivity contribution in [2.24, 2.45) is 0 Å². The Kier molecular flexibility index (Phi) is 3.58. The van der Waals surface area contributed by atoms with E-state index in [1.807, 2.05) is 18.2 Å². The van der Waals surface area contributed by atoms with Gasteiger partial charge in [-0.3, -0.25) is 0 Å². The summed E-state index contributed by atoms with van der Waals surface area (Å²) in [5, 5.41) is 2.01. The molecule has 0 atom stereocenters. The number of halogens is 1. The molecule has 3 heteroatoms. The number of hydrogen-bond donors (Lipinski definition) is 1. The van der Waals surface area contributed by atoms with Crippen LogP contribution in [0.5, 0.6) is 0 Å². The summed E-state index contributed by atoms with van der Waals surface area (Å²) in [5.74, 6) is 0. The first kappa shape index (κ1) is 13.3. The van der Waals surface area contributed by atoms with Crippen molar-refractivity contribution in [3.63, 3.8) is 0 Å². The fraction of sp³-hybridized carbons (Fsp3) is 0.294. The highest BCUT2D eigenvalue weighted by molar-refractivity contribution is 6.31. The monoisotopic (exact) mass is 286 g/mol. The lowest BCUT2D eigenvalue weighted by Crippen LogP contribution is -1.97. The van der Waals surface area contributed by atoms with E-state index in [0.29, 0.717) is 0 Å². The van der Waals surface area contributed by atoms with Crippen molar-refractivity contribution in [1.82, 2.24) is 9.55 Å². The van der Waals surface area contributed by atoms with E-state index in [1.165, 1.54) is 28.6 Å². The summed E-state index contributed by atoms with van der Waals surface area (Å²) >= 11 is 6.13. The molecule has 0 aliphatic carbocycles. The van der Waals surface area contributed by atoms with Gasteiger partial charge < -0.3 is 9.55 Å². The van der Waals surface area contributed by atoms with Crippen molar-refractivity contribution in [2.45, 2.75) is 33.2 Å². The third-order valence-corrected chi connectivity index (χ3v) is 4.01. The standard InChI is InChI=1S/C17H19ClN2/c1-3-4-13-7-8-20(10-13)11-16-12(2)19-17-6-5-14(18)9-15(16)17/h5-10,19H,3-4,11H2,1-2H3. The van der Waals surface area contributed by atoms with Gasteiger partial charge in [-0.15, -0.1) is 0 Å². The van der Waals surface area contributed by atoms with E-state index in [0.717, 1.165) is 23.5 Å². The van der Waals surface area contributed by atoms with E-state index in [1.54, 1.807) is 0 Å². The Morgan fingerprint density at radius 1 is 1.25 bits per heavy atom. The molecule has 0 radical (unpaired) electrons. The largest absolute Gasteiger partial charge is 0.358 e. The van der Waals surface area contributed by atoms with Crippen LogP contribution in [0.1, 0.15) is 30.2 Å². The normalized spacial score (nSPS) is 11.3. The average Bonchev–Trinajstić information content (AvgIpc) is 2.97. The zero-order chi connectivity index (χ0) is 14.1. The number of nitrogens with one attached hydrogen (secondary N) is 1. The molecule has 0 spiro atoms. The third-order valence-electron chi connectivity index (χ3n) is 3.77. The van der Waals surface area contributed by atoms with E-state index in [4.69, 9.17) is 11.6 Å². The molecule has 0 saturated heterocycles. The molecule has 0 fully saturated rings. The van der Waals surface area contributed by atoms with Crippen LogP contribution in [-0.2, 0) is 13.0 Å². The molecule has 2 heterocycles. The third kappa shape index (κ3) is 2.48. The van der Waals surface area contributed by atoms with Crippen molar-refractivity contribution >= 4 is 22.5 Å². The van der Waals surface area contributed by atoms with Gasteiger partial charge in [-0.2, -0.15) is 0 Å². The first-order chi connectivity index (χ1) is 9.67. The molecule has 0 amide bonds. The van der Waals surface area contributed by atoms with Crippen molar-refractivity contribution in [2.75, 3.05) is 0 Å². The summed E-state index contributed by atoms with van der Waals surface area (Å²) in [6.07, 6.45) is 6.73. The maximum absolute atomic E-state index is 6.13. The first-order valence-corrected chi connectivity index (χ1v) is 7.46. The van der Waals surface area contributed by atoms with Crippen LogP contribution in [0.25, 0.3) is 10.9 Å². The van der Waals surface area contributed by atoms with Gasteiger partial charge in [0.25, 0.3) is 0 Å². The number of nitrogens with zero attached hydrogens (tertiary/aromatic N) is 1. The minimum Gasteiger partial charge on any atom is -0.358 e. The van der Waals surface area contributed by atoms with E-state index >= 15 is 0 Å². The molecule has 0 aliphatic heterocycles.